The maximum atomic E-state index is 12.3. The van der Waals surface area contributed by atoms with Gasteiger partial charge in [0, 0.05) is 30.7 Å². The van der Waals surface area contributed by atoms with Crippen LogP contribution in [0.15, 0.2) is 67.3 Å². The lowest BCUT2D eigenvalue weighted by molar-refractivity contribution is 0.0947. The quantitative estimate of drug-likeness (QED) is 0.600. The molecule has 4 rings (SSSR count). The van der Waals surface area contributed by atoms with E-state index in [2.05, 4.69) is 25.4 Å². The Balaban J connectivity index is 1.37. The second-order valence-electron chi connectivity index (χ2n) is 5.70. The molecule has 0 unspecified atom stereocenters. The molecule has 3 heterocycles. The van der Waals surface area contributed by atoms with Crippen LogP contribution in [0.1, 0.15) is 10.5 Å². The van der Waals surface area contributed by atoms with Gasteiger partial charge in [-0.1, -0.05) is 12.1 Å². The van der Waals surface area contributed by atoms with Crippen LogP contribution in [0.4, 0.5) is 0 Å². The summed E-state index contributed by atoms with van der Waals surface area (Å²) >= 11 is 0. The number of benzene rings is 1. The molecule has 3 aromatic heterocycles. The Labute approximate surface area is 149 Å². The molecule has 0 fully saturated rings. The molecule has 0 aliphatic heterocycles. The predicted molar refractivity (Wildman–Crippen MR) is 97.3 cm³/mol. The Kier molecular flexibility index (Phi) is 4.34. The van der Waals surface area contributed by atoms with Crippen LogP contribution in [0, 0.1) is 0 Å². The second kappa shape index (κ2) is 7.10. The minimum absolute atomic E-state index is 0.246. The molecule has 1 amide bonds. The summed E-state index contributed by atoms with van der Waals surface area (Å²) in [7, 11) is 0. The molecule has 26 heavy (non-hydrogen) atoms. The number of pyridine rings is 1. The first-order chi connectivity index (χ1) is 12.8. The van der Waals surface area contributed by atoms with E-state index in [9.17, 15) is 4.79 Å². The Bertz CT molecular complexity index is 1040. The van der Waals surface area contributed by atoms with Gasteiger partial charge in [0.05, 0.1) is 29.5 Å². The van der Waals surface area contributed by atoms with Crippen LogP contribution in [0.3, 0.4) is 0 Å². The second-order valence-corrected chi connectivity index (χ2v) is 5.70. The molecule has 0 aliphatic rings. The molecule has 1 aromatic carbocycles. The topological polar surface area (TPSA) is 85.6 Å². The molecule has 0 spiro atoms. The zero-order valence-electron chi connectivity index (χ0n) is 13.9. The third-order valence-electron chi connectivity index (χ3n) is 3.92. The number of hydrogen-bond acceptors (Lipinski definition) is 5. The average molecular weight is 344 g/mol. The Morgan fingerprint density at radius 1 is 1.04 bits per heavy atom. The highest BCUT2D eigenvalue weighted by atomic mass is 16.1. The lowest BCUT2D eigenvalue weighted by Gasteiger charge is -2.05. The number of para-hydroxylation sites is 2. The first kappa shape index (κ1) is 15.9. The summed E-state index contributed by atoms with van der Waals surface area (Å²) in [6.07, 6.45) is 6.85. The monoisotopic (exact) mass is 344 g/mol. The molecule has 1 N–H and O–H groups in total. The molecule has 128 valence electrons. The molecule has 0 bridgehead atoms. The van der Waals surface area contributed by atoms with Crippen LogP contribution >= 0.6 is 0 Å². The maximum Gasteiger partial charge on any atom is 0.271 e. The first-order valence-corrected chi connectivity index (χ1v) is 8.23. The van der Waals surface area contributed by atoms with E-state index in [1.54, 1.807) is 17.1 Å². The van der Waals surface area contributed by atoms with E-state index in [4.69, 9.17) is 0 Å². The van der Waals surface area contributed by atoms with E-state index >= 15 is 0 Å². The first-order valence-electron chi connectivity index (χ1n) is 8.23. The SMILES string of the molecule is O=C(NCCn1ccc(-c2ccncc2)n1)c1cnc2ccccc2n1. The molecule has 7 heteroatoms. The normalized spacial score (nSPS) is 10.8. The summed E-state index contributed by atoms with van der Waals surface area (Å²) in [5.41, 5.74) is 3.66. The Morgan fingerprint density at radius 2 is 1.85 bits per heavy atom. The number of carbonyl (C=O) groups is 1. The number of nitrogens with zero attached hydrogens (tertiary/aromatic N) is 5. The number of rotatable bonds is 5. The zero-order valence-corrected chi connectivity index (χ0v) is 13.9. The minimum Gasteiger partial charge on any atom is -0.349 e. The molecular formula is C19H16N6O. The molecule has 0 saturated carbocycles. The van der Waals surface area contributed by atoms with Gasteiger partial charge in [-0.05, 0) is 30.3 Å². The van der Waals surface area contributed by atoms with Crippen molar-refractivity contribution in [1.29, 1.82) is 0 Å². The van der Waals surface area contributed by atoms with Crippen LogP contribution in [0.25, 0.3) is 22.3 Å². The molecule has 0 aliphatic carbocycles. The third kappa shape index (κ3) is 3.41. The van der Waals surface area contributed by atoms with Gasteiger partial charge >= 0.3 is 0 Å². The average Bonchev–Trinajstić information content (AvgIpc) is 3.17. The van der Waals surface area contributed by atoms with E-state index in [0.717, 1.165) is 16.8 Å². The summed E-state index contributed by atoms with van der Waals surface area (Å²) < 4.78 is 1.79. The van der Waals surface area contributed by atoms with E-state index in [1.807, 2.05) is 48.7 Å². The molecule has 4 aromatic rings. The summed E-state index contributed by atoms with van der Waals surface area (Å²) in [4.78, 5) is 24.9. The van der Waals surface area contributed by atoms with E-state index in [0.29, 0.717) is 24.3 Å². The van der Waals surface area contributed by atoms with Gasteiger partial charge in [0.25, 0.3) is 5.91 Å². The minimum atomic E-state index is -0.246. The fourth-order valence-electron chi connectivity index (χ4n) is 2.60. The van der Waals surface area contributed by atoms with Crippen LogP contribution in [-0.2, 0) is 6.54 Å². The Morgan fingerprint density at radius 3 is 2.69 bits per heavy atom. The molecular weight excluding hydrogens is 328 g/mol. The van der Waals surface area contributed by atoms with Gasteiger partial charge in [0.2, 0.25) is 0 Å². The highest BCUT2D eigenvalue weighted by Crippen LogP contribution is 2.14. The summed E-state index contributed by atoms with van der Waals surface area (Å²) in [6, 6.07) is 13.2. The van der Waals surface area contributed by atoms with Crippen molar-refractivity contribution in [3.63, 3.8) is 0 Å². The van der Waals surface area contributed by atoms with Crippen LogP contribution < -0.4 is 5.32 Å². The fraction of sp³-hybridized carbons (Fsp3) is 0.105. The van der Waals surface area contributed by atoms with Crippen molar-refractivity contribution < 1.29 is 4.79 Å². The number of aromatic nitrogens is 5. The van der Waals surface area contributed by atoms with Crippen molar-refractivity contribution in [2.45, 2.75) is 6.54 Å². The lowest BCUT2D eigenvalue weighted by atomic mass is 10.2. The molecule has 7 nitrogen and oxygen atoms in total. The number of amides is 1. The van der Waals surface area contributed by atoms with Gasteiger partial charge in [0.15, 0.2) is 0 Å². The smallest absolute Gasteiger partial charge is 0.271 e. The fourth-order valence-corrected chi connectivity index (χ4v) is 2.60. The molecule has 0 atom stereocenters. The number of fused-ring (bicyclic) bond motifs is 1. The largest absolute Gasteiger partial charge is 0.349 e. The maximum absolute atomic E-state index is 12.3. The van der Waals surface area contributed by atoms with Crippen LogP contribution in [0.2, 0.25) is 0 Å². The number of hydrogen-bond donors (Lipinski definition) is 1. The summed E-state index contributed by atoms with van der Waals surface area (Å²) in [5, 5.41) is 7.35. The number of nitrogens with one attached hydrogen (secondary N) is 1. The highest BCUT2D eigenvalue weighted by molar-refractivity contribution is 5.93. The third-order valence-corrected chi connectivity index (χ3v) is 3.92. The van der Waals surface area contributed by atoms with E-state index in [1.165, 1.54) is 6.20 Å². The lowest BCUT2D eigenvalue weighted by Crippen LogP contribution is -2.28. The van der Waals surface area contributed by atoms with Crippen molar-refractivity contribution in [2.24, 2.45) is 0 Å². The van der Waals surface area contributed by atoms with Gasteiger partial charge in [0.1, 0.15) is 5.69 Å². The standard InChI is InChI=1S/C19H16N6O/c26-19(18-13-22-16-3-1-2-4-17(16)23-18)21-10-12-25-11-7-15(24-25)14-5-8-20-9-6-14/h1-9,11,13H,10,12H2,(H,21,26). The van der Waals surface area contributed by atoms with Crippen LogP contribution in [-0.4, -0.2) is 37.2 Å². The highest BCUT2D eigenvalue weighted by Gasteiger charge is 2.09. The molecule has 0 saturated heterocycles. The van der Waals surface area contributed by atoms with Gasteiger partial charge in [-0.25, -0.2) is 4.98 Å². The van der Waals surface area contributed by atoms with Gasteiger partial charge in [-0.2, -0.15) is 5.10 Å². The van der Waals surface area contributed by atoms with Gasteiger partial charge in [-0.3, -0.25) is 19.4 Å². The van der Waals surface area contributed by atoms with Crippen LogP contribution in [0.5, 0.6) is 0 Å². The van der Waals surface area contributed by atoms with Gasteiger partial charge in [-0.15, -0.1) is 0 Å². The zero-order chi connectivity index (χ0) is 17.8. The predicted octanol–water partition coefficient (Wildman–Crippen LogP) is 2.32. The summed E-state index contributed by atoms with van der Waals surface area (Å²) in [5.74, 6) is -0.246. The van der Waals surface area contributed by atoms with E-state index in [-0.39, 0.29) is 5.91 Å². The van der Waals surface area contributed by atoms with Crippen molar-refractivity contribution in [3.8, 4) is 11.3 Å². The van der Waals surface area contributed by atoms with Crippen molar-refractivity contribution >= 4 is 16.9 Å². The Hall–Kier alpha value is -3.61. The summed E-state index contributed by atoms with van der Waals surface area (Å²) in [6.45, 7) is 1.02. The molecule has 0 radical (unpaired) electrons. The van der Waals surface area contributed by atoms with Crippen molar-refractivity contribution in [3.05, 3.63) is 72.9 Å². The van der Waals surface area contributed by atoms with Crippen molar-refractivity contribution in [2.75, 3.05) is 6.54 Å². The number of carbonyl (C=O) groups excluding carboxylic acids is 1. The van der Waals surface area contributed by atoms with Gasteiger partial charge < -0.3 is 5.32 Å². The van der Waals surface area contributed by atoms with E-state index < -0.39 is 0 Å². The van der Waals surface area contributed by atoms with Crippen molar-refractivity contribution in [1.82, 2.24) is 30.0 Å².